The number of amidine groups is 1. The van der Waals surface area contributed by atoms with Crippen LogP contribution in [0, 0.1) is 0 Å². The van der Waals surface area contributed by atoms with Crippen LogP contribution in [0.1, 0.15) is 20.8 Å². The number of hydrogen-bond acceptors (Lipinski definition) is 4. The summed E-state index contributed by atoms with van der Waals surface area (Å²) in [7, 11) is 1.93. The summed E-state index contributed by atoms with van der Waals surface area (Å²) in [5.74, 6) is 0. The van der Waals surface area contributed by atoms with E-state index in [1.807, 2.05) is 11.7 Å². The summed E-state index contributed by atoms with van der Waals surface area (Å²) in [5.41, 5.74) is 0.0489. The zero-order valence-corrected chi connectivity index (χ0v) is 11.5. The second kappa shape index (κ2) is 3.65. The highest BCUT2D eigenvalue weighted by molar-refractivity contribution is 8.95. The summed E-state index contributed by atoms with van der Waals surface area (Å²) in [6, 6.07) is 0. The van der Waals surface area contributed by atoms with Crippen LogP contribution in [0.3, 0.4) is 0 Å². The number of rotatable bonds is 0. The van der Waals surface area contributed by atoms with Gasteiger partial charge in [0.25, 0.3) is 0 Å². The fourth-order valence-corrected chi connectivity index (χ4v) is 5.86. The second-order valence-electron chi connectivity index (χ2n) is 3.93. The Morgan fingerprint density at radius 2 is 2.15 bits per heavy atom. The van der Waals surface area contributed by atoms with Gasteiger partial charge in [0, 0.05) is 16.0 Å². The zero-order chi connectivity index (χ0) is 10.3. The minimum atomic E-state index is -1.83. The summed E-state index contributed by atoms with van der Waals surface area (Å²) in [4.78, 5) is 0. The van der Waals surface area contributed by atoms with E-state index >= 15 is 0 Å². The van der Waals surface area contributed by atoms with Gasteiger partial charge >= 0.3 is 5.17 Å². The van der Waals surface area contributed by atoms with E-state index in [1.165, 1.54) is 0 Å². The number of nitrogens with one attached hydrogen (secondary N) is 2. The molecule has 1 aliphatic rings. The van der Waals surface area contributed by atoms with Gasteiger partial charge in [-0.3, -0.25) is 5.32 Å². The van der Waals surface area contributed by atoms with Crippen molar-refractivity contribution in [1.29, 1.82) is 0 Å². The van der Waals surface area contributed by atoms with E-state index in [0.29, 0.717) is 0 Å². The van der Waals surface area contributed by atoms with Gasteiger partial charge in [-0.15, -0.1) is 0 Å². The molecule has 0 aromatic rings. The minimum absolute atomic E-state index is 0.0489. The fourth-order valence-electron chi connectivity index (χ4n) is 0.852. The van der Waals surface area contributed by atoms with Crippen LogP contribution in [0.5, 0.6) is 0 Å². The first-order chi connectivity index (χ1) is 5.70. The highest BCUT2D eigenvalue weighted by Crippen LogP contribution is 2.56. The molecule has 76 valence electrons. The van der Waals surface area contributed by atoms with Gasteiger partial charge in [0.2, 0.25) is 0 Å². The van der Waals surface area contributed by atoms with E-state index in [-0.39, 0.29) is 5.54 Å². The third kappa shape index (κ3) is 3.70. The van der Waals surface area contributed by atoms with E-state index in [2.05, 4.69) is 31.3 Å². The van der Waals surface area contributed by atoms with Gasteiger partial charge in [0.15, 0.2) is 0 Å². The summed E-state index contributed by atoms with van der Waals surface area (Å²) in [5, 5.41) is 7.50. The lowest BCUT2D eigenvalue weighted by molar-refractivity contribution is -0.532. The Balaban J connectivity index is 2.73. The van der Waals surface area contributed by atoms with Gasteiger partial charge in [-0.1, -0.05) is 11.8 Å². The first kappa shape index (κ1) is 11.7. The number of hydrogen-bond donors (Lipinski definition) is 2. The normalized spacial score (nSPS) is 29.0. The molecule has 13 heavy (non-hydrogen) atoms. The van der Waals surface area contributed by atoms with E-state index in [0.717, 1.165) is 5.17 Å². The first-order valence-electron chi connectivity index (χ1n) is 3.87. The Labute approximate surface area is 93.7 Å². The van der Waals surface area contributed by atoms with Crippen molar-refractivity contribution in [3.63, 3.8) is 0 Å². The Morgan fingerprint density at radius 1 is 1.62 bits per heavy atom. The smallest absolute Gasteiger partial charge is 0.334 e. The molecule has 1 atom stereocenters. The molecule has 3 nitrogen and oxygen atoms in total. The highest BCUT2D eigenvalue weighted by atomic mass is 33.2. The number of hydrazone groups is 1. The van der Waals surface area contributed by atoms with Crippen LogP contribution in [-0.2, 0) is 24.1 Å². The molecule has 0 saturated carbocycles. The van der Waals surface area contributed by atoms with E-state index in [4.69, 9.17) is 24.1 Å². The molecule has 7 heteroatoms. The largest absolute Gasteiger partial charge is 0.712 e. The number of nitrogens with zero attached hydrogens (tertiary/aromatic N) is 1. The average molecular weight is 255 g/mol. The van der Waals surface area contributed by atoms with Gasteiger partial charge in [-0.2, -0.15) is 4.68 Å². The lowest BCUT2D eigenvalue weighted by atomic mass is 10.1. The van der Waals surface area contributed by atoms with Gasteiger partial charge in [-0.05, 0) is 20.8 Å². The molecule has 1 aliphatic heterocycles. The monoisotopic (exact) mass is 255 g/mol. The highest BCUT2D eigenvalue weighted by Gasteiger charge is 2.29. The molecule has 0 radical (unpaired) electrons. The van der Waals surface area contributed by atoms with Crippen LogP contribution >= 0.6 is 16.0 Å². The molecule has 2 N–H and O–H groups in total. The van der Waals surface area contributed by atoms with E-state index in [9.17, 15) is 0 Å². The zero-order valence-electron chi connectivity index (χ0n) is 8.12. The van der Waals surface area contributed by atoms with E-state index in [1.54, 1.807) is 11.4 Å². The third-order valence-electron chi connectivity index (χ3n) is 1.27. The predicted octanol–water partition coefficient (Wildman–Crippen LogP) is 1.40. The van der Waals surface area contributed by atoms with Crippen LogP contribution in [-0.4, -0.2) is 22.4 Å². The molecular formula is C6H14N3PS3. The predicted molar refractivity (Wildman–Crippen MR) is 66.5 cm³/mol. The van der Waals surface area contributed by atoms with Crippen LogP contribution < -0.4 is 10.5 Å². The van der Waals surface area contributed by atoms with Gasteiger partial charge in [0.05, 0.1) is 5.54 Å². The summed E-state index contributed by atoms with van der Waals surface area (Å²) in [6.07, 6.45) is 0. The molecule has 1 unspecified atom stereocenters. The first-order valence-corrected chi connectivity index (χ1v) is 9.11. The molecule has 0 aromatic heterocycles. The van der Waals surface area contributed by atoms with Gasteiger partial charge < -0.3 is 12.2 Å². The lowest BCUT2D eigenvalue weighted by Gasteiger charge is -2.18. The topological polar surface area (TPSA) is 27.1 Å². The Morgan fingerprint density at radius 3 is 2.46 bits per heavy atom. The molecule has 0 aliphatic carbocycles. The third-order valence-corrected chi connectivity index (χ3v) is 5.92. The quantitative estimate of drug-likeness (QED) is 0.388. The van der Waals surface area contributed by atoms with Crippen LogP contribution in [0.25, 0.3) is 0 Å². The minimum Gasteiger partial charge on any atom is -0.712 e. The number of hydrazine groups is 1. The molecule has 0 bridgehead atoms. The van der Waals surface area contributed by atoms with Crippen molar-refractivity contribution in [2.45, 2.75) is 26.3 Å². The van der Waals surface area contributed by atoms with Crippen molar-refractivity contribution >= 4 is 45.2 Å². The lowest BCUT2D eigenvalue weighted by Crippen LogP contribution is -2.42. The van der Waals surface area contributed by atoms with Crippen molar-refractivity contribution in [2.24, 2.45) is 0 Å². The summed E-state index contributed by atoms with van der Waals surface area (Å²) < 4.78 is 0.0607. The van der Waals surface area contributed by atoms with Gasteiger partial charge in [0.1, 0.15) is 7.05 Å². The maximum absolute atomic E-state index is 5.23. The average Bonchev–Trinajstić information content (AvgIpc) is 2.00. The molecule has 0 fully saturated rings. The van der Waals surface area contributed by atoms with Crippen LogP contribution in [0.2, 0.25) is 0 Å². The molecule has 0 saturated heterocycles. The summed E-state index contributed by atoms with van der Waals surface area (Å²) in [6.45, 7) is 6.33. The summed E-state index contributed by atoms with van der Waals surface area (Å²) >= 11 is 12.0. The van der Waals surface area contributed by atoms with Crippen molar-refractivity contribution in [1.82, 2.24) is 10.5 Å². The van der Waals surface area contributed by atoms with Crippen molar-refractivity contribution in [2.75, 3.05) is 7.05 Å². The van der Waals surface area contributed by atoms with Crippen molar-refractivity contribution in [3.05, 3.63) is 0 Å². The van der Waals surface area contributed by atoms with Crippen LogP contribution in [0.15, 0.2) is 0 Å². The molecule has 1 rings (SSSR count). The second-order valence-corrected chi connectivity index (χ2v) is 13.2. The molecule has 1 heterocycles. The van der Waals surface area contributed by atoms with Gasteiger partial charge in [-0.25, -0.2) is 5.20 Å². The maximum atomic E-state index is 5.23. The van der Waals surface area contributed by atoms with E-state index < -0.39 is 4.59 Å². The van der Waals surface area contributed by atoms with Crippen molar-refractivity contribution in [3.8, 4) is 0 Å². The molecule has 0 aromatic carbocycles. The van der Waals surface area contributed by atoms with Crippen LogP contribution in [0.4, 0.5) is 0 Å². The fraction of sp³-hybridized carbons (Fsp3) is 0.833. The molecule has 0 amide bonds. The molecule has 0 spiro atoms. The Bertz CT molecular complexity index is 294. The standard InChI is InChI=1S/C6H14N3PS3/c1-6(2,3)7-5-9(4)8-10(11,12)13-5/h1-4H3,(H2,8,11,12). The Hall–Kier alpha value is 0.620. The van der Waals surface area contributed by atoms with Crippen molar-refractivity contribution < 1.29 is 4.68 Å². The SMILES string of the molecule is C[N+]1=C(NC(C)(C)C)SP(=S)([S-])N1. The Kier molecular flexibility index (Phi) is 3.28. The maximum Gasteiger partial charge on any atom is 0.334 e. The molecular weight excluding hydrogens is 241 g/mol.